The van der Waals surface area contributed by atoms with Crippen LogP contribution in [-0.2, 0) is 9.59 Å². The zero-order chi connectivity index (χ0) is 26.4. The second kappa shape index (κ2) is 11.8. The lowest BCUT2D eigenvalue weighted by Crippen LogP contribution is -2.29. The van der Waals surface area contributed by atoms with Crippen LogP contribution >= 0.6 is 0 Å². The number of unbranched alkanes of at least 4 members (excludes halogenated alkanes) is 2. The molecule has 2 aromatic carbocycles. The van der Waals surface area contributed by atoms with E-state index in [1.54, 1.807) is 61.5 Å². The number of Topliss-reactive ketones (excluding diaryl/α,β-unsaturated/α-hetero) is 1. The number of aryl methyl sites for hydroxylation is 1. The van der Waals surface area contributed by atoms with Gasteiger partial charge in [0.25, 0.3) is 5.78 Å². The summed E-state index contributed by atoms with van der Waals surface area (Å²) in [6.45, 7) is 7.04. The van der Waals surface area contributed by atoms with Crippen molar-refractivity contribution in [1.29, 1.82) is 0 Å². The van der Waals surface area contributed by atoms with E-state index in [1.165, 1.54) is 4.90 Å². The van der Waals surface area contributed by atoms with Crippen LogP contribution in [0, 0.1) is 6.92 Å². The first-order valence-corrected chi connectivity index (χ1v) is 12.6. The molecule has 1 saturated heterocycles. The number of ether oxygens (including phenoxy) is 2. The summed E-state index contributed by atoms with van der Waals surface area (Å²) in [5.74, 6) is 0.186. The molecule has 1 aromatic heterocycles. The van der Waals surface area contributed by atoms with Gasteiger partial charge in [-0.3, -0.25) is 14.5 Å². The predicted octanol–water partition coefficient (Wildman–Crippen LogP) is 5.97. The molecule has 0 radical (unpaired) electrons. The lowest BCUT2D eigenvalue weighted by atomic mass is 9.95. The smallest absolute Gasteiger partial charge is 0.301 e. The van der Waals surface area contributed by atoms with Crippen molar-refractivity contribution in [2.75, 3.05) is 18.1 Å². The van der Waals surface area contributed by atoms with Gasteiger partial charge in [0.05, 0.1) is 24.8 Å². The molecule has 1 aliphatic heterocycles. The van der Waals surface area contributed by atoms with Crippen LogP contribution < -0.4 is 14.4 Å². The molecule has 0 unspecified atom stereocenters. The Labute approximate surface area is 216 Å². The number of aliphatic hydroxyl groups is 1. The molecule has 1 atom stereocenters. The number of hydrogen-bond acceptors (Lipinski definition) is 7. The Morgan fingerprint density at radius 1 is 0.946 bits per heavy atom. The number of carbonyl (C=O) groups is 2. The molecule has 0 bridgehead atoms. The highest BCUT2D eigenvalue weighted by atomic mass is 16.5. The molecular weight excluding hydrogens is 472 g/mol. The van der Waals surface area contributed by atoms with Crippen LogP contribution in [0.1, 0.15) is 62.5 Å². The Kier molecular flexibility index (Phi) is 8.28. The van der Waals surface area contributed by atoms with Crippen molar-refractivity contribution < 1.29 is 28.7 Å². The molecule has 3 aromatic rings. The van der Waals surface area contributed by atoms with E-state index in [-0.39, 0.29) is 17.2 Å². The van der Waals surface area contributed by atoms with Gasteiger partial charge >= 0.3 is 5.91 Å². The predicted molar refractivity (Wildman–Crippen MR) is 140 cm³/mol. The summed E-state index contributed by atoms with van der Waals surface area (Å²) in [4.78, 5) is 27.7. The molecule has 4 rings (SSSR count). The number of aliphatic hydroxyl groups excluding tert-OH is 1. The Bertz CT molecular complexity index is 1260. The summed E-state index contributed by atoms with van der Waals surface area (Å²) in [5, 5.41) is 15.2. The summed E-state index contributed by atoms with van der Waals surface area (Å²) in [6.07, 6.45) is 4.04. The van der Waals surface area contributed by atoms with Crippen molar-refractivity contribution in [2.24, 2.45) is 0 Å². The third-order valence-corrected chi connectivity index (χ3v) is 6.12. The van der Waals surface area contributed by atoms with E-state index in [2.05, 4.69) is 12.1 Å². The maximum absolute atomic E-state index is 13.3. The van der Waals surface area contributed by atoms with Crippen LogP contribution in [0.2, 0.25) is 0 Å². The average molecular weight is 505 g/mol. The summed E-state index contributed by atoms with van der Waals surface area (Å²) >= 11 is 0. The highest BCUT2D eigenvalue weighted by Crippen LogP contribution is 2.42. The quantitative estimate of drug-likeness (QED) is 0.149. The van der Waals surface area contributed by atoms with E-state index in [4.69, 9.17) is 14.0 Å². The molecule has 0 aliphatic carbocycles. The molecule has 1 aliphatic rings. The van der Waals surface area contributed by atoms with Gasteiger partial charge in [-0.1, -0.05) is 44.0 Å². The van der Waals surface area contributed by atoms with Gasteiger partial charge in [-0.05, 0) is 61.7 Å². The van der Waals surface area contributed by atoms with Gasteiger partial charge < -0.3 is 19.1 Å². The molecule has 0 saturated carbocycles. The van der Waals surface area contributed by atoms with Crippen LogP contribution in [0.15, 0.2) is 64.7 Å². The van der Waals surface area contributed by atoms with Crippen molar-refractivity contribution in [3.63, 3.8) is 0 Å². The molecule has 0 spiro atoms. The first-order chi connectivity index (χ1) is 17.9. The van der Waals surface area contributed by atoms with Crippen LogP contribution in [0.3, 0.4) is 0 Å². The maximum Gasteiger partial charge on any atom is 0.301 e. The van der Waals surface area contributed by atoms with E-state index in [0.717, 1.165) is 25.7 Å². The van der Waals surface area contributed by atoms with Gasteiger partial charge in [0.15, 0.2) is 5.82 Å². The van der Waals surface area contributed by atoms with Gasteiger partial charge in [0, 0.05) is 11.6 Å². The van der Waals surface area contributed by atoms with Gasteiger partial charge in [0.1, 0.15) is 23.0 Å². The fraction of sp³-hybridized carbons (Fsp3) is 0.345. The lowest BCUT2D eigenvalue weighted by Gasteiger charge is -2.23. The number of hydrogen-bond donors (Lipinski definition) is 1. The van der Waals surface area contributed by atoms with Crippen molar-refractivity contribution in [3.05, 3.63) is 77.1 Å². The molecule has 37 heavy (non-hydrogen) atoms. The normalized spacial score (nSPS) is 16.8. The monoisotopic (exact) mass is 504 g/mol. The van der Waals surface area contributed by atoms with Crippen molar-refractivity contribution >= 4 is 23.3 Å². The summed E-state index contributed by atoms with van der Waals surface area (Å²) in [5.41, 5.74) is 1.01. The third kappa shape index (κ3) is 5.69. The molecule has 1 fully saturated rings. The van der Waals surface area contributed by atoms with Crippen molar-refractivity contribution in [2.45, 2.75) is 52.5 Å². The number of aromatic nitrogens is 1. The number of benzene rings is 2. The Balaban J connectivity index is 1.72. The first-order valence-electron chi connectivity index (χ1n) is 12.6. The number of nitrogens with zero attached hydrogens (tertiary/aromatic N) is 2. The maximum atomic E-state index is 13.3. The second-order valence-electron chi connectivity index (χ2n) is 8.96. The van der Waals surface area contributed by atoms with E-state index in [9.17, 15) is 14.7 Å². The molecule has 1 N–H and O–H groups in total. The van der Waals surface area contributed by atoms with Gasteiger partial charge in [-0.15, -0.1) is 0 Å². The number of rotatable bonds is 11. The van der Waals surface area contributed by atoms with Crippen molar-refractivity contribution in [3.8, 4) is 11.5 Å². The first kappa shape index (κ1) is 26.0. The third-order valence-electron chi connectivity index (χ3n) is 6.12. The Morgan fingerprint density at radius 2 is 1.59 bits per heavy atom. The fourth-order valence-electron chi connectivity index (χ4n) is 4.22. The fourth-order valence-corrected chi connectivity index (χ4v) is 4.22. The van der Waals surface area contributed by atoms with E-state index in [1.807, 2.05) is 6.92 Å². The molecule has 194 valence electrons. The summed E-state index contributed by atoms with van der Waals surface area (Å²) in [7, 11) is 0. The second-order valence-corrected chi connectivity index (χ2v) is 8.96. The van der Waals surface area contributed by atoms with E-state index in [0.29, 0.717) is 41.6 Å². The lowest BCUT2D eigenvalue weighted by molar-refractivity contribution is -0.132. The molecule has 8 nitrogen and oxygen atoms in total. The van der Waals surface area contributed by atoms with Crippen molar-refractivity contribution in [1.82, 2.24) is 5.16 Å². The topological polar surface area (TPSA) is 102 Å². The largest absolute Gasteiger partial charge is 0.507 e. The number of ketones is 1. The van der Waals surface area contributed by atoms with Crippen LogP contribution in [0.5, 0.6) is 11.5 Å². The SMILES string of the molecule is CCCCCOc1ccc([C@@H]2/C(=C(\O)c3ccc(OCCC)cc3)C(=O)C(=O)N2c2cc(C)on2)cc1. The van der Waals surface area contributed by atoms with Gasteiger partial charge in [-0.25, -0.2) is 0 Å². The minimum absolute atomic E-state index is 0.0236. The standard InChI is InChI=1S/C29H32N2O6/c1-4-6-7-17-36-23-12-8-20(9-13-23)26-25(27(32)21-10-14-22(15-11-21)35-16-5-2)28(33)29(34)31(26)24-18-19(3)37-30-24/h8-15,18,26,32H,4-7,16-17H2,1-3H3/b27-25+/t26-/m1/s1. The molecule has 1 amide bonds. The van der Waals surface area contributed by atoms with E-state index >= 15 is 0 Å². The highest BCUT2D eigenvalue weighted by Gasteiger charge is 2.48. The molecular formula is C29H32N2O6. The molecule has 8 heteroatoms. The Hall–Kier alpha value is -4.07. The van der Waals surface area contributed by atoms with Gasteiger partial charge in [0.2, 0.25) is 0 Å². The number of carbonyl (C=O) groups excluding carboxylic acids is 2. The van der Waals surface area contributed by atoms with Crippen LogP contribution in [-0.4, -0.2) is 35.2 Å². The average Bonchev–Trinajstić information content (AvgIpc) is 3.45. The van der Waals surface area contributed by atoms with Gasteiger partial charge in [-0.2, -0.15) is 0 Å². The van der Waals surface area contributed by atoms with Crippen LogP contribution in [0.4, 0.5) is 5.82 Å². The minimum Gasteiger partial charge on any atom is -0.507 e. The zero-order valence-corrected chi connectivity index (χ0v) is 21.4. The minimum atomic E-state index is -0.894. The summed E-state index contributed by atoms with van der Waals surface area (Å²) in [6, 6.07) is 14.7. The number of amides is 1. The molecule has 2 heterocycles. The highest BCUT2D eigenvalue weighted by molar-refractivity contribution is 6.51. The van der Waals surface area contributed by atoms with E-state index < -0.39 is 17.7 Å². The zero-order valence-electron chi connectivity index (χ0n) is 21.4. The summed E-state index contributed by atoms with van der Waals surface area (Å²) < 4.78 is 16.6. The van der Waals surface area contributed by atoms with Crippen LogP contribution in [0.25, 0.3) is 5.76 Å². The number of anilines is 1. The Morgan fingerprint density at radius 3 is 2.19 bits per heavy atom.